The van der Waals surface area contributed by atoms with Crippen LogP contribution in [0, 0.1) is 0 Å². The zero-order chi connectivity index (χ0) is 15.4. The Morgan fingerprint density at radius 3 is 3.05 bits per heavy atom. The van der Waals surface area contributed by atoms with Gasteiger partial charge in [-0.2, -0.15) is 4.52 Å². The molecule has 1 amide bonds. The fourth-order valence-corrected chi connectivity index (χ4v) is 2.36. The van der Waals surface area contributed by atoms with E-state index < -0.39 is 0 Å². The first kappa shape index (κ1) is 14.3. The van der Waals surface area contributed by atoms with Gasteiger partial charge in [0, 0.05) is 18.9 Å². The number of amides is 1. The molecule has 0 fully saturated rings. The topological polar surface area (TPSA) is 107 Å². The average Bonchev–Trinajstić information content (AvgIpc) is 3.17. The van der Waals surface area contributed by atoms with Crippen LogP contribution in [0.5, 0.6) is 5.88 Å². The standard InChI is InChI=1S/C12H13N7O2S/c1-21-11-6-5-9-16-15-8(19(9)18-11)3-2-4-10(20)14-12-17-13-7-22-12/h5-7H,2-4H2,1H3,(H,14,17,20). The quantitative estimate of drug-likeness (QED) is 0.720. The van der Waals surface area contributed by atoms with Crippen LogP contribution in [0.1, 0.15) is 18.7 Å². The summed E-state index contributed by atoms with van der Waals surface area (Å²) in [6.07, 6.45) is 1.58. The molecule has 0 atom stereocenters. The zero-order valence-electron chi connectivity index (χ0n) is 11.8. The van der Waals surface area contributed by atoms with Crippen molar-refractivity contribution in [3.8, 4) is 5.88 Å². The first-order valence-electron chi connectivity index (χ1n) is 6.57. The maximum absolute atomic E-state index is 11.8. The van der Waals surface area contributed by atoms with Crippen molar-refractivity contribution in [2.24, 2.45) is 0 Å². The lowest BCUT2D eigenvalue weighted by Gasteiger charge is -2.02. The Bertz CT molecular complexity index is 771. The Hall–Kier alpha value is -2.62. The summed E-state index contributed by atoms with van der Waals surface area (Å²) in [5.41, 5.74) is 2.21. The number of fused-ring (bicyclic) bond motifs is 1. The third-order valence-corrected chi connectivity index (χ3v) is 3.53. The highest BCUT2D eigenvalue weighted by Crippen LogP contribution is 2.12. The van der Waals surface area contributed by atoms with Gasteiger partial charge in [0.2, 0.25) is 16.9 Å². The number of methoxy groups -OCH3 is 1. The first-order valence-corrected chi connectivity index (χ1v) is 7.45. The van der Waals surface area contributed by atoms with E-state index in [-0.39, 0.29) is 5.91 Å². The van der Waals surface area contributed by atoms with Crippen LogP contribution in [0.3, 0.4) is 0 Å². The van der Waals surface area contributed by atoms with E-state index in [9.17, 15) is 4.79 Å². The molecule has 114 valence electrons. The van der Waals surface area contributed by atoms with E-state index in [0.29, 0.717) is 41.7 Å². The van der Waals surface area contributed by atoms with Gasteiger partial charge >= 0.3 is 0 Å². The number of carbonyl (C=O) groups is 1. The number of nitrogens with zero attached hydrogens (tertiary/aromatic N) is 6. The summed E-state index contributed by atoms with van der Waals surface area (Å²) < 4.78 is 6.71. The summed E-state index contributed by atoms with van der Waals surface area (Å²) >= 11 is 1.28. The molecule has 0 aliphatic carbocycles. The molecule has 1 N–H and O–H groups in total. The molecule has 9 nitrogen and oxygen atoms in total. The Labute approximate surface area is 129 Å². The van der Waals surface area contributed by atoms with Gasteiger partial charge in [-0.05, 0) is 12.5 Å². The molecule has 0 bridgehead atoms. The van der Waals surface area contributed by atoms with Crippen molar-refractivity contribution in [2.75, 3.05) is 12.4 Å². The Balaban J connectivity index is 1.58. The normalized spacial score (nSPS) is 10.8. The van der Waals surface area contributed by atoms with Crippen molar-refractivity contribution in [2.45, 2.75) is 19.3 Å². The fourth-order valence-electron chi connectivity index (χ4n) is 1.90. The maximum atomic E-state index is 11.8. The van der Waals surface area contributed by atoms with Crippen LogP contribution in [-0.2, 0) is 11.2 Å². The van der Waals surface area contributed by atoms with Crippen molar-refractivity contribution in [1.82, 2.24) is 30.0 Å². The minimum atomic E-state index is -0.101. The van der Waals surface area contributed by atoms with Crippen molar-refractivity contribution >= 4 is 28.0 Å². The predicted molar refractivity (Wildman–Crippen MR) is 78.8 cm³/mol. The number of aromatic nitrogens is 6. The third-order valence-electron chi connectivity index (χ3n) is 2.92. The Morgan fingerprint density at radius 2 is 2.27 bits per heavy atom. The van der Waals surface area contributed by atoms with Crippen LogP contribution >= 0.6 is 11.3 Å². The number of hydrogen-bond acceptors (Lipinski definition) is 8. The Kier molecular flexibility index (Phi) is 4.19. The summed E-state index contributed by atoms with van der Waals surface area (Å²) in [7, 11) is 1.55. The van der Waals surface area contributed by atoms with Gasteiger partial charge in [0.25, 0.3) is 0 Å². The second kappa shape index (κ2) is 6.43. The van der Waals surface area contributed by atoms with E-state index in [1.165, 1.54) is 11.3 Å². The zero-order valence-corrected chi connectivity index (χ0v) is 12.6. The smallest absolute Gasteiger partial charge is 0.231 e. The first-order chi connectivity index (χ1) is 10.8. The number of ether oxygens (including phenoxy) is 1. The van der Waals surface area contributed by atoms with Gasteiger partial charge in [0.1, 0.15) is 5.51 Å². The second-order valence-electron chi connectivity index (χ2n) is 4.41. The average molecular weight is 319 g/mol. The third kappa shape index (κ3) is 3.17. The second-order valence-corrected chi connectivity index (χ2v) is 5.24. The molecule has 3 rings (SSSR count). The predicted octanol–water partition coefficient (Wildman–Crippen LogP) is 0.946. The molecule has 3 aromatic heterocycles. The van der Waals surface area contributed by atoms with Gasteiger partial charge in [-0.15, -0.1) is 25.5 Å². The van der Waals surface area contributed by atoms with Crippen LogP contribution in [0.4, 0.5) is 5.13 Å². The lowest BCUT2D eigenvalue weighted by molar-refractivity contribution is -0.116. The molecule has 10 heteroatoms. The van der Waals surface area contributed by atoms with Crippen LogP contribution in [-0.4, -0.2) is 43.0 Å². The van der Waals surface area contributed by atoms with Gasteiger partial charge in [0.05, 0.1) is 7.11 Å². The number of anilines is 1. The van der Waals surface area contributed by atoms with E-state index in [0.717, 1.165) is 0 Å². The number of carbonyl (C=O) groups excluding carboxylic acids is 1. The van der Waals surface area contributed by atoms with E-state index >= 15 is 0 Å². The molecule has 0 saturated carbocycles. The molecule has 3 aromatic rings. The maximum Gasteiger partial charge on any atom is 0.231 e. The van der Waals surface area contributed by atoms with Crippen LogP contribution in [0.25, 0.3) is 5.65 Å². The molecule has 0 aliphatic rings. The highest BCUT2D eigenvalue weighted by Gasteiger charge is 2.10. The van der Waals surface area contributed by atoms with Crippen LogP contribution < -0.4 is 10.1 Å². The SMILES string of the molecule is COc1ccc2nnc(CCCC(=O)Nc3nncs3)n2n1. The molecular formula is C12H13N7O2S. The molecule has 0 unspecified atom stereocenters. The van der Waals surface area contributed by atoms with Crippen molar-refractivity contribution < 1.29 is 9.53 Å². The lowest BCUT2D eigenvalue weighted by Crippen LogP contribution is -2.11. The highest BCUT2D eigenvalue weighted by molar-refractivity contribution is 7.13. The van der Waals surface area contributed by atoms with E-state index in [1.54, 1.807) is 29.3 Å². The summed E-state index contributed by atoms with van der Waals surface area (Å²) in [6, 6.07) is 3.51. The van der Waals surface area contributed by atoms with Gasteiger partial charge < -0.3 is 10.1 Å². The van der Waals surface area contributed by atoms with E-state index in [2.05, 4.69) is 30.8 Å². The van der Waals surface area contributed by atoms with Gasteiger partial charge in [-0.1, -0.05) is 11.3 Å². The number of aryl methyl sites for hydroxylation is 1. The summed E-state index contributed by atoms with van der Waals surface area (Å²) in [4.78, 5) is 11.8. The molecule has 0 saturated heterocycles. The molecule has 3 heterocycles. The number of hydrogen-bond donors (Lipinski definition) is 1. The van der Waals surface area contributed by atoms with Crippen molar-refractivity contribution in [3.05, 3.63) is 23.5 Å². The minimum Gasteiger partial charge on any atom is -0.480 e. The van der Waals surface area contributed by atoms with Gasteiger partial charge in [-0.3, -0.25) is 4.79 Å². The summed E-state index contributed by atoms with van der Waals surface area (Å²) in [5, 5.41) is 23.0. The van der Waals surface area contributed by atoms with Gasteiger partial charge in [-0.25, -0.2) is 0 Å². The number of nitrogens with one attached hydrogen (secondary N) is 1. The van der Waals surface area contributed by atoms with Crippen molar-refractivity contribution in [1.29, 1.82) is 0 Å². The van der Waals surface area contributed by atoms with Crippen LogP contribution in [0.2, 0.25) is 0 Å². The minimum absolute atomic E-state index is 0.101. The summed E-state index contributed by atoms with van der Waals surface area (Å²) in [5.74, 6) is 1.08. The van der Waals surface area contributed by atoms with E-state index in [4.69, 9.17) is 4.74 Å². The highest BCUT2D eigenvalue weighted by atomic mass is 32.1. The van der Waals surface area contributed by atoms with Gasteiger partial charge in [0.15, 0.2) is 11.5 Å². The molecule has 0 aliphatic heterocycles. The van der Waals surface area contributed by atoms with Crippen LogP contribution in [0.15, 0.2) is 17.6 Å². The van der Waals surface area contributed by atoms with E-state index in [1.807, 2.05) is 0 Å². The fraction of sp³-hybridized carbons (Fsp3) is 0.333. The molecule has 22 heavy (non-hydrogen) atoms. The molecule has 0 radical (unpaired) electrons. The number of rotatable bonds is 6. The molecular weight excluding hydrogens is 306 g/mol. The monoisotopic (exact) mass is 319 g/mol. The van der Waals surface area contributed by atoms with Crippen molar-refractivity contribution in [3.63, 3.8) is 0 Å². The molecule has 0 aromatic carbocycles. The molecule has 0 spiro atoms. The summed E-state index contributed by atoms with van der Waals surface area (Å²) in [6.45, 7) is 0. The largest absolute Gasteiger partial charge is 0.480 e. The Morgan fingerprint density at radius 1 is 1.36 bits per heavy atom. The lowest BCUT2D eigenvalue weighted by atomic mass is 10.2.